The summed E-state index contributed by atoms with van der Waals surface area (Å²) in [5.74, 6) is -0.233. The average Bonchev–Trinajstić information content (AvgIpc) is 2.26. The van der Waals surface area contributed by atoms with E-state index in [2.05, 4.69) is 6.07 Å². The Hall–Kier alpha value is -1.27. The molecule has 2 nitrogen and oxygen atoms in total. The molecule has 0 saturated carbocycles. The van der Waals surface area contributed by atoms with Crippen molar-refractivity contribution in [2.24, 2.45) is 5.92 Å². The number of benzene rings is 1. The predicted molar refractivity (Wildman–Crippen MR) is 56.5 cm³/mol. The molecule has 1 aromatic carbocycles. The molecule has 1 rings (SSSR count). The lowest BCUT2D eigenvalue weighted by Crippen LogP contribution is -2.03. The Bertz CT molecular complexity index is 375. The molecule has 0 spiro atoms. The van der Waals surface area contributed by atoms with Gasteiger partial charge in [-0.3, -0.25) is 0 Å². The van der Waals surface area contributed by atoms with Crippen LogP contribution in [0.5, 0.6) is 5.75 Å². The molecule has 15 heavy (non-hydrogen) atoms. The van der Waals surface area contributed by atoms with Crippen molar-refractivity contribution in [1.29, 1.82) is 5.26 Å². The monoisotopic (exact) mass is 227 g/mol. The zero-order valence-corrected chi connectivity index (χ0v) is 9.09. The molecular formula is C11H11ClFNO. The molecule has 1 atom stereocenters. The lowest BCUT2D eigenvalue weighted by Gasteiger charge is -2.07. The molecule has 0 bridgehead atoms. The number of ether oxygens (including phenoxy) is 1. The summed E-state index contributed by atoms with van der Waals surface area (Å²) < 4.78 is 18.1. The Balaban J connectivity index is 2.80. The third-order valence-electron chi connectivity index (χ3n) is 2.07. The molecule has 1 unspecified atom stereocenters. The largest absolute Gasteiger partial charge is 0.494 e. The number of alkyl halides is 1. The first-order valence-corrected chi connectivity index (χ1v) is 5.02. The van der Waals surface area contributed by atoms with E-state index in [0.29, 0.717) is 6.42 Å². The van der Waals surface area contributed by atoms with Crippen LogP contribution in [0.4, 0.5) is 4.39 Å². The number of nitriles is 1. The minimum atomic E-state index is -0.415. The molecule has 0 aliphatic rings. The molecule has 0 heterocycles. The van der Waals surface area contributed by atoms with Crippen LogP contribution in [-0.2, 0) is 6.42 Å². The van der Waals surface area contributed by atoms with Gasteiger partial charge in [-0.25, -0.2) is 4.39 Å². The van der Waals surface area contributed by atoms with E-state index in [1.165, 1.54) is 13.2 Å². The first-order chi connectivity index (χ1) is 7.21. The van der Waals surface area contributed by atoms with Gasteiger partial charge in [-0.1, -0.05) is 6.07 Å². The van der Waals surface area contributed by atoms with Crippen molar-refractivity contribution in [2.45, 2.75) is 6.42 Å². The minimum Gasteiger partial charge on any atom is -0.494 e. The highest BCUT2D eigenvalue weighted by Crippen LogP contribution is 2.19. The molecule has 0 saturated heterocycles. The molecule has 1 aromatic rings. The Kier molecular flexibility index (Phi) is 4.38. The summed E-state index contributed by atoms with van der Waals surface area (Å²) in [6.45, 7) is 0. The smallest absolute Gasteiger partial charge is 0.165 e. The van der Waals surface area contributed by atoms with Crippen LogP contribution < -0.4 is 4.74 Å². The van der Waals surface area contributed by atoms with E-state index in [9.17, 15) is 4.39 Å². The first kappa shape index (κ1) is 11.8. The summed E-state index contributed by atoms with van der Waals surface area (Å²) in [7, 11) is 1.41. The number of nitrogens with zero attached hydrogens (tertiary/aromatic N) is 1. The van der Waals surface area contributed by atoms with E-state index >= 15 is 0 Å². The van der Waals surface area contributed by atoms with Crippen molar-refractivity contribution in [1.82, 2.24) is 0 Å². The fourth-order valence-electron chi connectivity index (χ4n) is 1.26. The van der Waals surface area contributed by atoms with Crippen molar-refractivity contribution in [3.63, 3.8) is 0 Å². The van der Waals surface area contributed by atoms with E-state index in [1.807, 2.05) is 0 Å². The van der Waals surface area contributed by atoms with Gasteiger partial charge >= 0.3 is 0 Å². The third-order valence-corrected chi connectivity index (χ3v) is 2.44. The third kappa shape index (κ3) is 3.10. The van der Waals surface area contributed by atoms with Crippen molar-refractivity contribution in [3.8, 4) is 11.8 Å². The van der Waals surface area contributed by atoms with Gasteiger partial charge in [-0.2, -0.15) is 5.26 Å². The van der Waals surface area contributed by atoms with Crippen LogP contribution in [0.25, 0.3) is 0 Å². The van der Waals surface area contributed by atoms with Gasteiger partial charge in [0.1, 0.15) is 0 Å². The lowest BCUT2D eigenvalue weighted by atomic mass is 10.0. The van der Waals surface area contributed by atoms with Crippen LogP contribution in [0.1, 0.15) is 5.56 Å². The number of methoxy groups -OCH3 is 1. The highest BCUT2D eigenvalue weighted by Gasteiger charge is 2.09. The molecule has 80 valence electrons. The number of halogens is 2. The lowest BCUT2D eigenvalue weighted by molar-refractivity contribution is 0.386. The van der Waals surface area contributed by atoms with Crippen LogP contribution in [0.15, 0.2) is 18.2 Å². The number of rotatable bonds is 4. The second-order valence-corrected chi connectivity index (χ2v) is 3.46. The van der Waals surface area contributed by atoms with Crippen LogP contribution in [0.3, 0.4) is 0 Å². The number of hydrogen-bond donors (Lipinski definition) is 0. The standard InChI is InChI=1S/C11H11ClFNO/c1-15-11-3-2-8(5-10(11)13)4-9(6-12)7-14/h2-3,5,9H,4,6H2,1H3. The van der Waals surface area contributed by atoms with Crippen molar-refractivity contribution in [2.75, 3.05) is 13.0 Å². The fourth-order valence-corrected chi connectivity index (χ4v) is 1.43. The normalized spacial score (nSPS) is 11.9. The van der Waals surface area contributed by atoms with E-state index in [1.54, 1.807) is 12.1 Å². The SMILES string of the molecule is COc1ccc(CC(C#N)CCl)cc1F. The second-order valence-electron chi connectivity index (χ2n) is 3.15. The molecule has 0 fully saturated rings. The van der Waals surface area contributed by atoms with Crippen molar-refractivity contribution >= 4 is 11.6 Å². The molecule has 4 heteroatoms. The van der Waals surface area contributed by atoms with Gasteiger partial charge in [0.25, 0.3) is 0 Å². The van der Waals surface area contributed by atoms with Gasteiger partial charge in [0.2, 0.25) is 0 Å². The topological polar surface area (TPSA) is 33.0 Å². The molecule has 0 aromatic heterocycles. The van der Waals surface area contributed by atoms with Crippen LogP contribution in [-0.4, -0.2) is 13.0 Å². The maximum atomic E-state index is 13.3. The Labute approximate surface area is 93.2 Å². The summed E-state index contributed by atoms with van der Waals surface area (Å²) in [6, 6.07) is 6.72. The van der Waals surface area contributed by atoms with Crippen LogP contribution in [0.2, 0.25) is 0 Å². The van der Waals surface area contributed by atoms with Gasteiger partial charge in [0.05, 0.1) is 19.1 Å². The van der Waals surface area contributed by atoms with Crippen LogP contribution >= 0.6 is 11.6 Å². The summed E-state index contributed by atoms with van der Waals surface area (Å²) >= 11 is 5.57. The zero-order valence-electron chi connectivity index (χ0n) is 8.34. The van der Waals surface area contributed by atoms with E-state index in [4.69, 9.17) is 21.6 Å². The molecule has 0 radical (unpaired) electrons. The van der Waals surface area contributed by atoms with Crippen molar-refractivity contribution < 1.29 is 9.13 Å². The zero-order chi connectivity index (χ0) is 11.3. The summed E-state index contributed by atoms with van der Waals surface area (Å²) in [6.07, 6.45) is 0.459. The van der Waals surface area contributed by atoms with E-state index in [-0.39, 0.29) is 17.5 Å². The maximum absolute atomic E-state index is 13.3. The highest BCUT2D eigenvalue weighted by molar-refractivity contribution is 6.18. The Morgan fingerprint density at radius 2 is 2.33 bits per heavy atom. The van der Waals surface area contributed by atoms with Gasteiger partial charge in [-0.05, 0) is 24.1 Å². The number of hydrogen-bond acceptors (Lipinski definition) is 2. The first-order valence-electron chi connectivity index (χ1n) is 4.49. The summed E-state index contributed by atoms with van der Waals surface area (Å²) in [5.41, 5.74) is 0.750. The molecule has 0 aliphatic heterocycles. The van der Waals surface area contributed by atoms with Gasteiger partial charge in [-0.15, -0.1) is 11.6 Å². The minimum absolute atomic E-state index is 0.207. The van der Waals surface area contributed by atoms with Gasteiger partial charge in [0.15, 0.2) is 11.6 Å². The maximum Gasteiger partial charge on any atom is 0.165 e. The molecule has 0 amide bonds. The predicted octanol–water partition coefficient (Wildman–Crippen LogP) is 2.76. The van der Waals surface area contributed by atoms with Crippen LogP contribution in [0, 0.1) is 23.1 Å². The quantitative estimate of drug-likeness (QED) is 0.741. The summed E-state index contributed by atoms with van der Waals surface area (Å²) in [5, 5.41) is 8.70. The van der Waals surface area contributed by atoms with Gasteiger partial charge < -0.3 is 4.74 Å². The van der Waals surface area contributed by atoms with Gasteiger partial charge in [0, 0.05) is 5.88 Å². The van der Waals surface area contributed by atoms with E-state index < -0.39 is 5.82 Å². The summed E-state index contributed by atoms with van der Waals surface area (Å²) in [4.78, 5) is 0. The van der Waals surface area contributed by atoms with E-state index in [0.717, 1.165) is 5.56 Å². The molecule has 0 N–H and O–H groups in total. The molecular weight excluding hydrogens is 217 g/mol. The Morgan fingerprint density at radius 1 is 1.60 bits per heavy atom. The Morgan fingerprint density at radius 3 is 2.80 bits per heavy atom. The highest BCUT2D eigenvalue weighted by atomic mass is 35.5. The molecule has 0 aliphatic carbocycles. The fraction of sp³-hybridized carbons (Fsp3) is 0.364. The average molecular weight is 228 g/mol. The second kappa shape index (κ2) is 5.57. The van der Waals surface area contributed by atoms with Crippen molar-refractivity contribution in [3.05, 3.63) is 29.6 Å².